The van der Waals surface area contributed by atoms with Crippen LogP contribution in [-0.2, 0) is 6.54 Å². The van der Waals surface area contributed by atoms with E-state index in [1.54, 1.807) is 18.2 Å². The van der Waals surface area contributed by atoms with Crippen molar-refractivity contribution in [2.45, 2.75) is 19.0 Å². The van der Waals surface area contributed by atoms with Gasteiger partial charge in [0.25, 0.3) is 11.5 Å². The molecule has 9 heteroatoms. The second-order valence-electron chi connectivity index (χ2n) is 6.77. The van der Waals surface area contributed by atoms with Gasteiger partial charge in [-0.1, -0.05) is 6.07 Å². The first-order chi connectivity index (χ1) is 13.0. The van der Waals surface area contributed by atoms with Gasteiger partial charge in [-0.05, 0) is 25.6 Å². The normalized spacial score (nSPS) is 18.3. The summed E-state index contributed by atoms with van der Waals surface area (Å²) in [7, 11) is 1.95. The number of nitrogen functional groups attached to an aromatic ring is 1. The largest absolute Gasteiger partial charge is 0.454 e. The molecule has 1 aromatic carbocycles. The van der Waals surface area contributed by atoms with E-state index in [4.69, 9.17) is 15.2 Å². The van der Waals surface area contributed by atoms with Gasteiger partial charge in [0.15, 0.2) is 11.5 Å². The topological polar surface area (TPSA) is 114 Å². The summed E-state index contributed by atoms with van der Waals surface area (Å²) in [6.07, 6.45) is 0.841. The number of likely N-dealkylation sites (tertiary alicyclic amines) is 1. The van der Waals surface area contributed by atoms with Gasteiger partial charge < -0.3 is 20.1 Å². The SMILES string of the molecule is CN(Cc1cc(=O)[nH]c(N)n1)C1CCN(C(=O)c2cccc3c2OCO3)C1. The van der Waals surface area contributed by atoms with Crippen LogP contribution in [0, 0.1) is 0 Å². The number of hydrogen-bond acceptors (Lipinski definition) is 7. The van der Waals surface area contributed by atoms with E-state index in [9.17, 15) is 9.59 Å². The number of ether oxygens (including phenoxy) is 2. The van der Waals surface area contributed by atoms with Crippen LogP contribution in [0.4, 0.5) is 5.95 Å². The van der Waals surface area contributed by atoms with Gasteiger partial charge in [-0.15, -0.1) is 0 Å². The Kier molecular flexibility index (Phi) is 4.44. The minimum Gasteiger partial charge on any atom is -0.454 e. The van der Waals surface area contributed by atoms with Gasteiger partial charge in [0.2, 0.25) is 12.7 Å². The van der Waals surface area contributed by atoms with Crippen LogP contribution in [0.1, 0.15) is 22.5 Å². The molecule has 1 atom stereocenters. The zero-order valence-corrected chi connectivity index (χ0v) is 15.0. The third-order valence-electron chi connectivity index (χ3n) is 4.93. The lowest BCUT2D eigenvalue weighted by Gasteiger charge is -2.24. The van der Waals surface area contributed by atoms with Crippen molar-refractivity contribution in [2.75, 3.05) is 32.7 Å². The molecule has 2 aliphatic rings. The highest BCUT2D eigenvalue weighted by Crippen LogP contribution is 2.36. The second-order valence-corrected chi connectivity index (χ2v) is 6.77. The van der Waals surface area contributed by atoms with E-state index < -0.39 is 0 Å². The van der Waals surface area contributed by atoms with Crippen LogP contribution in [0.25, 0.3) is 0 Å². The Labute approximate surface area is 155 Å². The number of amides is 1. The predicted octanol–water partition coefficient (Wildman–Crippen LogP) is 0.427. The Morgan fingerprint density at radius 2 is 2.30 bits per heavy atom. The maximum atomic E-state index is 12.9. The molecule has 1 unspecified atom stereocenters. The monoisotopic (exact) mass is 371 g/mol. The molecule has 4 rings (SSSR count). The molecule has 142 valence electrons. The Morgan fingerprint density at radius 3 is 3.11 bits per heavy atom. The van der Waals surface area contributed by atoms with E-state index >= 15 is 0 Å². The highest BCUT2D eigenvalue weighted by molar-refractivity contribution is 5.98. The van der Waals surface area contributed by atoms with Crippen molar-refractivity contribution >= 4 is 11.9 Å². The highest BCUT2D eigenvalue weighted by Gasteiger charge is 2.32. The standard InChI is InChI=1S/C18H21N5O4/c1-22(8-11-7-15(24)21-18(19)20-11)12-5-6-23(9-12)17(25)13-3-2-4-14-16(13)27-10-26-14/h2-4,7,12H,5-6,8-10H2,1H3,(H3,19,20,21,24). The fraction of sp³-hybridized carbons (Fsp3) is 0.389. The maximum absolute atomic E-state index is 12.9. The summed E-state index contributed by atoms with van der Waals surface area (Å²) in [6.45, 7) is 1.87. The summed E-state index contributed by atoms with van der Waals surface area (Å²) >= 11 is 0. The van der Waals surface area contributed by atoms with E-state index in [1.165, 1.54) is 6.07 Å². The van der Waals surface area contributed by atoms with Crippen LogP contribution in [0.5, 0.6) is 11.5 Å². The van der Waals surface area contributed by atoms with Gasteiger partial charge >= 0.3 is 0 Å². The Balaban J connectivity index is 1.43. The molecule has 1 amide bonds. The molecule has 0 aliphatic carbocycles. The Bertz CT molecular complexity index is 928. The van der Waals surface area contributed by atoms with E-state index in [0.29, 0.717) is 42.4 Å². The van der Waals surface area contributed by atoms with Crippen LogP contribution < -0.4 is 20.8 Å². The molecule has 9 nitrogen and oxygen atoms in total. The molecule has 1 fully saturated rings. The van der Waals surface area contributed by atoms with Gasteiger partial charge in [-0.2, -0.15) is 0 Å². The van der Waals surface area contributed by atoms with Crippen molar-refractivity contribution in [3.63, 3.8) is 0 Å². The number of H-pyrrole nitrogens is 1. The summed E-state index contributed by atoms with van der Waals surface area (Å²) in [5, 5.41) is 0. The molecule has 3 heterocycles. The number of aromatic nitrogens is 2. The first kappa shape index (κ1) is 17.3. The van der Waals surface area contributed by atoms with Crippen molar-refractivity contribution < 1.29 is 14.3 Å². The van der Waals surface area contributed by atoms with Gasteiger partial charge in [0, 0.05) is 31.7 Å². The number of para-hydroxylation sites is 1. The summed E-state index contributed by atoms with van der Waals surface area (Å²) in [4.78, 5) is 34.9. The molecule has 0 bridgehead atoms. The molecule has 27 heavy (non-hydrogen) atoms. The maximum Gasteiger partial charge on any atom is 0.257 e. The van der Waals surface area contributed by atoms with Crippen molar-refractivity contribution in [3.05, 3.63) is 45.9 Å². The summed E-state index contributed by atoms with van der Waals surface area (Å²) < 4.78 is 10.8. The number of nitrogens with two attached hydrogens (primary N) is 1. The molecule has 3 N–H and O–H groups in total. The average molecular weight is 371 g/mol. The van der Waals surface area contributed by atoms with E-state index in [2.05, 4.69) is 14.9 Å². The predicted molar refractivity (Wildman–Crippen MR) is 97.6 cm³/mol. The van der Waals surface area contributed by atoms with Crippen LogP contribution in [-0.4, -0.2) is 58.6 Å². The lowest BCUT2D eigenvalue weighted by Crippen LogP contribution is -2.36. The molecule has 0 spiro atoms. The lowest BCUT2D eigenvalue weighted by molar-refractivity contribution is 0.0774. The molecule has 2 aromatic rings. The molecule has 0 saturated carbocycles. The third-order valence-corrected chi connectivity index (χ3v) is 4.93. The Morgan fingerprint density at radius 1 is 1.44 bits per heavy atom. The number of benzene rings is 1. The fourth-order valence-corrected chi connectivity index (χ4v) is 3.55. The van der Waals surface area contributed by atoms with Gasteiger partial charge in [-0.3, -0.25) is 19.5 Å². The number of carbonyl (C=O) groups excluding carboxylic acids is 1. The third kappa shape index (κ3) is 3.45. The molecular weight excluding hydrogens is 350 g/mol. The highest BCUT2D eigenvalue weighted by atomic mass is 16.7. The summed E-state index contributed by atoms with van der Waals surface area (Å²) in [5.74, 6) is 1.16. The van der Waals surface area contributed by atoms with Crippen molar-refractivity contribution in [2.24, 2.45) is 0 Å². The van der Waals surface area contributed by atoms with Crippen LogP contribution in [0.2, 0.25) is 0 Å². The van der Waals surface area contributed by atoms with Crippen LogP contribution >= 0.6 is 0 Å². The molecule has 0 radical (unpaired) electrons. The number of nitrogens with one attached hydrogen (secondary N) is 1. The van der Waals surface area contributed by atoms with E-state index in [-0.39, 0.29) is 30.2 Å². The molecule has 1 aromatic heterocycles. The van der Waals surface area contributed by atoms with Gasteiger partial charge in [0.1, 0.15) is 0 Å². The molecule has 2 aliphatic heterocycles. The number of anilines is 1. The first-order valence-corrected chi connectivity index (χ1v) is 8.75. The molecule has 1 saturated heterocycles. The zero-order valence-electron chi connectivity index (χ0n) is 15.0. The van der Waals surface area contributed by atoms with Crippen molar-refractivity contribution in [3.8, 4) is 11.5 Å². The zero-order chi connectivity index (χ0) is 19.0. The number of hydrogen-bond donors (Lipinski definition) is 2. The number of aromatic amines is 1. The smallest absolute Gasteiger partial charge is 0.257 e. The number of fused-ring (bicyclic) bond motifs is 1. The average Bonchev–Trinajstić information content (AvgIpc) is 3.29. The number of rotatable bonds is 4. The lowest BCUT2D eigenvalue weighted by atomic mass is 10.1. The minimum atomic E-state index is -0.269. The van der Waals surface area contributed by atoms with Crippen LogP contribution in [0.15, 0.2) is 29.1 Å². The number of carbonyl (C=O) groups is 1. The number of likely N-dealkylation sites (N-methyl/N-ethyl adjacent to an activating group) is 1. The first-order valence-electron chi connectivity index (χ1n) is 8.75. The number of nitrogens with zero attached hydrogens (tertiary/aromatic N) is 3. The fourth-order valence-electron chi connectivity index (χ4n) is 3.55. The van der Waals surface area contributed by atoms with Crippen molar-refractivity contribution in [1.82, 2.24) is 19.8 Å². The van der Waals surface area contributed by atoms with Gasteiger partial charge in [0.05, 0.1) is 11.3 Å². The van der Waals surface area contributed by atoms with E-state index in [1.807, 2.05) is 11.9 Å². The second kappa shape index (κ2) is 6.92. The minimum absolute atomic E-state index is 0.0632. The summed E-state index contributed by atoms with van der Waals surface area (Å²) in [6, 6.07) is 6.96. The Hall–Kier alpha value is -3.07. The van der Waals surface area contributed by atoms with Crippen LogP contribution in [0.3, 0.4) is 0 Å². The van der Waals surface area contributed by atoms with Gasteiger partial charge in [-0.25, -0.2) is 4.98 Å². The van der Waals surface area contributed by atoms with E-state index in [0.717, 1.165) is 6.42 Å². The quantitative estimate of drug-likeness (QED) is 0.801. The molecular formula is C18H21N5O4. The summed E-state index contributed by atoms with van der Waals surface area (Å²) in [5.41, 5.74) is 6.46. The van der Waals surface area contributed by atoms with Crippen molar-refractivity contribution in [1.29, 1.82) is 0 Å².